The molecular weight excluding hydrogens is 1440 g/mol. The number of hydrogen-bond donors (Lipinski definition) is 0. The van der Waals surface area contributed by atoms with Crippen LogP contribution in [0.15, 0.2) is 0 Å². The highest BCUT2D eigenvalue weighted by atomic mass is 33.3. The average Bonchev–Trinajstić information content (AvgIpc) is 2.84. The molecule has 0 N–H and O–H groups in total. The molecule has 0 fully saturated rings. The summed E-state index contributed by atoms with van der Waals surface area (Å²) in [5.74, 6) is 0. The van der Waals surface area contributed by atoms with E-state index in [0.717, 1.165) is 0 Å². The summed E-state index contributed by atoms with van der Waals surface area (Å²) in [6.45, 7) is -4.14. The number of rotatable bonds is 21. The van der Waals surface area contributed by atoms with Crippen LogP contribution in [0, 0.1) is 0 Å². The van der Waals surface area contributed by atoms with Crippen LogP contribution in [0.3, 0.4) is 0 Å². The molecule has 27 unspecified atom stereocenters. The fourth-order valence-corrected chi connectivity index (χ4v) is 471. The van der Waals surface area contributed by atoms with Crippen LogP contribution >= 0.6 is 371 Å². The molecule has 0 spiro atoms. The molecule has 27 atom stereocenters. The third-order valence-electron chi connectivity index (χ3n) is 4.49. The Labute approximate surface area is 370 Å². The lowest BCUT2D eigenvalue weighted by molar-refractivity contribution is 1.87. The predicted octanol–water partition coefficient (Wildman–Crippen LogP) is 26.0. The molecule has 0 nitrogen and oxygen atoms in total. The quantitative estimate of drug-likeness (QED) is 0.101. The van der Waals surface area contributed by atoms with E-state index in [1.165, 1.54) is 0 Å². The molecule has 47 heavy (non-hydrogen) atoms. The minimum absolute atomic E-state index is 0.208. The summed E-state index contributed by atoms with van der Waals surface area (Å²) in [6.07, 6.45) is 0. The molecule has 0 aromatic heterocycles. The summed E-state index contributed by atoms with van der Waals surface area (Å²) < 4.78 is 0.427. The van der Waals surface area contributed by atoms with Crippen molar-refractivity contribution in [2.45, 2.75) is 4.38 Å². The Hall–Kier alpha value is 19.8. The smallest absolute Gasteiger partial charge is 0.0857 e. The van der Waals surface area contributed by atoms with E-state index >= 15 is 0 Å². The van der Waals surface area contributed by atoms with E-state index in [4.69, 9.17) is 0 Å². The van der Waals surface area contributed by atoms with Gasteiger partial charge in [-0.3, -0.25) is 0 Å². The zero-order valence-corrected chi connectivity index (χ0v) is 72.0. The monoisotopic (exact) mass is 1490 g/mol. The van der Waals surface area contributed by atoms with Gasteiger partial charge in [-0.25, -0.2) is 0 Å². The van der Waals surface area contributed by atoms with Crippen molar-refractivity contribution in [2.24, 2.45) is 0 Å². The van der Waals surface area contributed by atoms with Crippen LogP contribution < -0.4 is 0 Å². The van der Waals surface area contributed by atoms with Gasteiger partial charge in [0.05, 0.1) is 4.38 Å². The van der Waals surface area contributed by atoms with Crippen LogP contribution in [0.2, 0.25) is 0 Å². The van der Waals surface area contributed by atoms with Gasteiger partial charge in [-0.05, 0) is 148 Å². The molecule has 0 aliphatic heterocycles. The van der Waals surface area contributed by atoms with Crippen LogP contribution in [-0.2, 0) is 0 Å². The fourth-order valence-electron chi connectivity index (χ4n) is 3.29. The van der Waals surface area contributed by atoms with Crippen LogP contribution in [0.25, 0.3) is 0 Å². The minimum Gasteiger partial charge on any atom is -0.102 e. The van der Waals surface area contributed by atoms with Gasteiger partial charge in [0.1, 0.15) is 0 Å². The first-order chi connectivity index (χ1) is 21.3. The predicted molar refractivity (Wildman–Crippen MR) is 391 cm³/mol. The molecule has 0 amide bonds. The van der Waals surface area contributed by atoms with E-state index in [1.807, 2.05) is 0 Å². The lowest BCUT2D eigenvalue weighted by Crippen LogP contribution is -2.13. The molecule has 0 heterocycles. The Morgan fingerprint density at radius 1 is 0.191 bits per heavy atom. The summed E-state index contributed by atoms with van der Waals surface area (Å²) in [5, 5.41) is 0. The Bertz CT molecular complexity index is 700. The first-order valence-corrected chi connectivity index (χ1v) is 91.4. The van der Waals surface area contributed by atoms with Crippen molar-refractivity contribution in [2.75, 3.05) is 0 Å². The zero-order chi connectivity index (χ0) is 37.6. The second-order valence-corrected chi connectivity index (χ2v) is 183. The van der Waals surface area contributed by atoms with E-state index in [9.17, 15) is 0 Å². The summed E-state index contributed by atoms with van der Waals surface area (Å²) in [5.41, 5.74) is 0. The second-order valence-electron chi connectivity index (χ2n) is 7.71. The highest BCUT2D eigenvalue weighted by Gasteiger charge is 2.68. The van der Waals surface area contributed by atoms with Gasteiger partial charge >= 0.3 is 0 Å². The molecule has 0 saturated heterocycles. The Balaban J connectivity index is 9.85. The maximum atomic E-state index is 3.64. The van der Waals surface area contributed by atoms with Crippen LogP contribution in [0.1, 0.15) is 0 Å². The van der Waals surface area contributed by atoms with Crippen molar-refractivity contribution >= 4 is 371 Å². The van der Waals surface area contributed by atoms with Crippen LogP contribution in [-0.4, -0.2) is 4.38 Å². The van der Waals surface area contributed by atoms with Gasteiger partial charge < -0.3 is 0 Å². The molecular formula is CH50P46. The summed E-state index contributed by atoms with van der Waals surface area (Å²) in [4.78, 5) is 0. The third-order valence-corrected chi connectivity index (χ3v) is 262. The lowest BCUT2D eigenvalue weighted by atomic mass is 11.8. The molecule has 0 saturated carbocycles. The van der Waals surface area contributed by atoms with Gasteiger partial charge in [-0.15, -0.1) is 223 Å². The van der Waals surface area contributed by atoms with Crippen molar-refractivity contribution in [1.29, 1.82) is 0 Å². The van der Waals surface area contributed by atoms with E-state index in [0.29, 0.717) is 4.38 Å². The third kappa shape index (κ3) is 21.4. The molecule has 0 bridgehead atoms. The van der Waals surface area contributed by atoms with Crippen molar-refractivity contribution in [3.8, 4) is 0 Å². The van der Waals surface area contributed by atoms with E-state index in [-0.39, 0.29) is 148 Å². The van der Waals surface area contributed by atoms with Crippen LogP contribution in [0.4, 0.5) is 0 Å². The first kappa shape index (κ1) is 66.8. The normalized spacial score (nSPS) is 15.8. The summed E-state index contributed by atoms with van der Waals surface area (Å²) >= 11 is 0. The molecule has 0 aromatic carbocycles. The molecule has 0 radical (unpaired) electrons. The van der Waals surface area contributed by atoms with Gasteiger partial charge in [0, 0.05) is 0 Å². The Morgan fingerprint density at radius 2 is 0.383 bits per heavy atom. The van der Waals surface area contributed by atoms with E-state index < -0.39 is 0 Å². The molecule has 0 aromatic rings. The molecule has 0 aliphatic carbocycles. The van der Waals surface area contributed by atoms with Gasteiger partial charge in [0.15, 0.2) is 0 Å². The fraction of sp³-hybridized carbons (Fsp3) is 1.00. The van der Waals surface area contributed by atoms with Gasteiger partial charge in [-0.1, -0.05) is 0 Å². The van der Waals surface area contributed by atoms with E-state index in [2.05, 4.69) is 223 Å². The highest BCUT2D eigenvalue weighted by Crippen LogP contribution is 3.39. The molecule has 46 heteroatoms. The minimum atomic E-state index is -0.310. The van der Waals surface area contributed by atoms with Crippen molar-refractivity contribution in [3.05, 3.63) is 0 Å². The topological polar surface area (TPSA) is 0 Å². The first-order valence-electron chi connectivity index (χ1n) is 10.7. The zero-order valence-electron chi connectivity index (χ0n) is 24.3. The van der Waals surface area contributed by atoms with Crippen molar-refractivity contribution in [3.63, 3.8) is 0 Å². The molecule has 0 rings (SSSR count). The lowest BCUT2D eigenvalue weighted by Gasteiger charge is -2.66. The summed E-state index contributed by atoms with van der Waals surface area (Å²) in [6, 6.07) is 0. The highest BCUT2D eigenvalue weighted by molar-refractivity contribution is 9.31. The largest absolute Gasteiger partial charge is 0.102 e. The Morgan fingerprint density at radius 3 is 0.511 bits per heavy atom. The van der Waals surface area contributed by atoms with Crippen molar-refractivity contribution in [1.82, 2.24) is 0 Å². The molecule has 0 aliphatic rings. The average molecular weight is 1490 g/mol. The second kappa shape index (κ2) is 35.0. The maximum absolute atomic E-state index is 3.64. The molecule has 284 valence electrons. The van der Waals surface area contributed by atoms with Crippen LogP contribution in [0.5, 0.6) is 0 Å². The SMILES string of the molecule is PP(P)P(P)P(P(P)P)C(P(P(P)P)P(P)P)(P(P(P(P)P)P(P)P)P(P(P)P)P(P)P)P(P(P(P)P)P(P)P)P(P(P)P)P(P)P. The number of hydrogen-bond acceptors (Lipinski definition) is 0. The van der Waals surface area contributed by atoms with E-state index in [1.54, 1.807) is 0 Å². The van der Waals surface area contributed by atoms with Gasteiger partial charge in [-0.2, -0.15) is 0 Å². The van der Waals surface area contributed by atoms with Crippen molar-refractivity contribution < 1.29 is 0 Å². The van der Waals surface area contributed by atoms with Gasteiger partial charge in [0.25, 0.3) is 0 Å². The van der Waals surface area contributed by atoms with Gasteiger partial charge in [0.2, 0.25) is 0 Å². The standard InChI is InChI=1S/CH50P46/c2-31(3)27(32(4)5)1(28(33(6)7)43(26)34(8)9,29(44(35(10)11)36(12)13)45(37(14)15)38(16)17)30(46(39(18)19)40(20)21)47(41(22)23)42(24)25/h2-26H2. The maximum Gasteiger partial charge on any atom is 0.0857 e. The Kier molecular flexibility index (Phi) is 49.8. The summed E-state index contributed by atoms with van der Waals surface area (Å²) in [7, 11) is 85.8.